The average molecular weight is 727 g/mol. The number of methoxy groups -OCH3 is 4. The zero-order valence-corrected chi connectivity index (χ0v) is 26.8. The molecule has 16 heteroatoms. The molecule has 0 saturated carbocycles. The lowest BCUT2D eigenvalue weighted by Gasteiger charge is -2.23. The lowest BCUT2D eigenvalue weighted by Crippen LogP contribution is -2.02. The highest BCUT2D eigenvalue weighted by Gasteiger charge is 2.33. The molecule has 0 spiro atoms. The van der Waals surface area contributed by atoms with Crippen LogP contribution >= 0.6 is 116 Å². The van der Waals surface area contributed by atoms with Gasteiger partial charge in [-0.25, -0.2) is 0 Å². The Morgan fingerprint density at radius 3 is 0.684 bits per heavy atom. The second-order valence-corrected chi connectivity index (χ2v) is 10.6. The molecule has 0 unspecified atom stereocenters. The molecule has 0 aromatic heterocycles. The minimum atomic E-state index is -0.260. The molecule has 0 bridgehead atoms. The highest BCUT2D eigenvalue weighted by molar-refractivity contribution is 6.54. The summed E-state index contributed by atoms with van der Waals surface area (Å²) >= 11 is 63.6. The summed E-state index contributed by atoms with van der Waals surface area (Å²) in [6, 6.07) is 0. The van der Waals surface area contributed by atoms with Crippen LogP contribution in [0.1, 0.15) is 0 Å². The minimum absolute atomic E-state index is 0.0204. The number of halogens is 10. The molecule has 38 heavy (non-hydrogen) atoms. The molecular weight excluding hydrogens is 715 g/mol. The van der Waals surface area contributed by atoms with E-state index in [4.69, 9.17) is 144 Å². The minimum Gasteiger partial charge on any atom is -0.491 e. The third kappa shape index (κ3) is 5.47. The first-order valence-corrected chi connectivity index (χ1v) is 13.4. The first kappa shape index (κ1) is 31.9. The smallest absolute Gasteiger partial charge is 0.194 e. The molecule has 0 radical (unpaired) electrons. The Morgan fingerprint density at radius 2 is 0.447 bits per heavy atom. The van der Waals surface area contributed by atoms with Crippen LogP contribution < -0.4 is 28.4 Å². The highest BCUT2D eigenvalue weighted by Crippen LogP contribution is 2.60. The molecule has 0 N–H and O–H groups in total. The molecular formula is C22H12Cl10O6. The van der Waals surface area contributed by atoms with Crippen molar-refractivity contribution in [2.24, 2.45) is 0 Å². The number of rotatable bonds is 8. The molecule has 0 fully saturated rings. The van der Waals surface area contributed by atoms with Gasteiger partial charge in [0.2, 0.25) is 0 Å². The summed E-state index contributed by atoms with van der Waals surface area (Å²) < 4.78 is 33.6. The van der Waals surface area contributed by atoms with Crippen molar-refractivity contribution in [3.05, 3.63) is 50.2 Å². The van der Waals surface area contributed by atoms with Gasteiger partial charge in [-0.15, -0.1) is 0 Å². The van der Waals surface area contributed by atoms with E-state index in [1.807, 2.05) is 0 Å². The van der Waals surface area contributed by atoms with Crippen molar-refractivity contribution < 1.29 is 28.4 Å². The third-order valence-corrected chi connectivity index (χ3v) is 9.02. The van der Waals surface area contributed by atoms with Gasteiger partial charge in [0.25, 0.3) is 0 Å². The van der Waals surface area contributed by atoms with E-state index in [0.717, 1.165) is 0 Å². The SMILES string of the molecule is COc1c(Cl)c(Cl)c(Cl)c(Cl)c1Oc1c(Cl)c(OC)c(OC)c(Cl)c1Oc1c(Cl)c(Cl)c(Cl)c(Cl)c1OC. The van der Waals surface area contributed by atoms with E-state index in [-0.39, 0.29) is 96.2 Å². The van der Waals surface area contributed by atoms with Gasteiger partial charge in [-0.3, -0.25) is 0 Å². The molecule has 3 rings (SSSR count). The Labute approximate surface area is 267 Å². The highest BCUT2D eigenvalue weighted by atomic mass is 35.5. The molecule has 3 aromatic carbocycles. The Morgan fingerprint density at radius 1 is 0.263 bits per heavy atom. The van der Waals surface area contributed by atoms with Crippen molar-refractivity contribution in [2.75, 3.05) is 28.4 Å². The van der Waals surface area contributed by atoms with Crippen LogP contribution in [0.3, 0.4) is 0 Å². The van der Waals surface area contributed by atoms with Crippen LogP contribution in [0.5, 0.6) is 46.0 Å². The van der Waals surface area contributed by atoms with Gasteiger partial charge in [0.15, 0.2) is 46.0 Å². The van der Waals surface area contributed by atoms with Crippen molar-refractivity contribution in [1.82, 2.24) is 0 Å². The van der Waals surface area contributed by atoms with E-state index >= 15 is 0 Å². The first-order valence-electron chi connectivity index (χ1n) is 9.66. The summed E-state index contributed by atoms with van der Waals surface area (Å²) in [7, 11) is 5.26. The Hall–Kier alpha value is -0.640. The standard InChI is InChI=1S/C22H12Cl10O6/c1-33-15-9(27)5(23)7(25)11(29)19(15)37-21-13(31)17(35-3)18(36-4)14(32)22(21)38-20-12(30)8(26)6(24)10(28)16(20)34-2/h1-4H3. The number of hydrogen-bond acceptors (Lipinski definition) is 6. The molecule has 0 heterocycles. The van der Waals surface area contributed by atoms with Crippen molar-refractivity contribution in [3.63, 3.8) is 0 Å². The van der Waals surface area contributed by atoms with Gasteiger partial charge in [0, 0.05) is 0 Å². The van der Waals surface area contributed by atoms with Crippen LogP contribution in [0.15, 0.2) is 0 Å². The lowest BCUT2D eigenvalue weighted by atomic mass is 10.2. The quantitative estimate of drug-likeness (QED) is 0.170. The molecule has 0 atom stereocenters. The van der Waals surface area contributed by atoms with Gasteiger partial charge in [-0.1, -0.05) is 116 Å². The van der Waals surface area contributed by atoms with E-state index < -0.39 is 0 Å². The van der Waals surface area contributed by atoms with Crippen LogP contribution in [0.4, 0.5) is 0 Å². The van der Waals surface area contributed by atoms with Gasteiger partial charge in [-0.2, -0.15) is 0 Å². The Bertz CT molecular complexity index is 1320. The van der Waals surface area contributed by atoms with Gasteiger partial charge < -0.3 is 28.4 Å². The number of benzene rings is 3. The molecule has 0 aliphatic carbocycles. The second-order valence-electron chi connectivity index (χ2n) is 6.79. The van der Waals surface area contributed by atoms with Crippen LogP contribution in [0.25, 0.3) is 0 Å². The van der Waals surface area contributed by atoms with Crippen LogP contribution in [-0.4, -0.2) is 28.4 Å². The molecule has 0 aliphatic rings. The summed E-state index contributed by atoms with van der Waals surface area (Å²) in [4.78, 5) is 0. The van der Waals surface area contributed by atoms with Crippen LogP contribution in [0, 0.1) is 0 Å². The molecule has 0 amide bonds. The van der Waals surface area contributed by atoms with Crippen LogP contribution in [0.2, 0.25) is 50.2 Å². The summed E-state index contributed by atoms with van der Waals surface area (Å²) in [6.45, 7) is 0. The van der Waals surface area contributed by atoms with E-state index in [0.29, 0.717) is 0 Å². The predicted octanol–water partition coefficient (Wildman–Crippen LogP) is 11.8. The van der Waals surface area contributed by atoms with Crippen molar-refractivity contribution in [3.8, 4) is 46.0 Å². The lowest BCUT2D eigenvalue weighted by molar-refractivity contribution is 0.337. The fourth-order valence-corrected chi connectivity index (χ4v) is 5.53. The second kappa shape index (κ2) is 12.9. The molecule has 6 nitrogen and oxygen atoms in total. The molecule has 206 valence electrons. The summed E-state index contributed by atoms with van der Waals surface area (Å²) in [5.41, 5.74) is 0. The number of ether oxygens (including phenoxy) is 6. The maximum atomic E-state index is 6.66. The largest absolute Gasteiger partial charge is 0.491 e. The summed E-state index contributed by atoms with van der Waals surface area (Å²) in [5, 5.41) is -1.27. The fraction of sp³-hybridized carbons (Fsp3) is 0.182. The summed E-state index contributed by atoms with van der Waals surface area (Å²) in [5.74, 6) is -1.09. The summed E-state index contributed by atoms with van der Waals surface area (Å²) in [6.07, 6.45) is 0. The number of hydrogen-bond donors (Lipinski definition) is 0. The fourth-order valence-electron chi connectivity index (χ4n) is 3.09. The van der Waals surface area contributed by atoms with E-state index in [1.165, 1.54) is 28.4 Å². The molecule has 0 aliphatic heterocycles. The van der Waals surface area contributed by atoms with Gasteiger partial charge in [0.05, 0.1) is 48.5 Å². The Balaban J connectivity index is 2.41. The van der Waals surface area contributed by atoms with E-state index in [1.54, 1.807) is 0 Å². The van der Waals surface area contributed by atoms with Gasteiger partial charge >= 0.3 is 0 Å². The molecule has 0 saturated heterocycles. The van der Waals surface area contributed by atoms with Crippen molar-refractivity contribution in [2.45, 2.75) is 0 Å². The van der Waals surface area contributed by atoms with Gasteiger partial charge in [-0.05, 0) is 0 Å². The topological polar surface area (TPSA) is 55.4 Å². The van der Waals surface area contributed by atoms with E-state index in [9.17, 15) is 0 Å². The van der Waals surface area contributed by atoms with Crippen molar-refractivity contribution in [1.29, 1.82) is 0 Å². The predicted molar refractivity (Wildman–Crippen MR) is 156 cm³/mol. The molecule has 3 aromatic rings. The monoisotopic (exact) mass is 722 g/mol. The normalized spacial score (nSPS) is 10.9. The third-order valence-electron chi connectivity index (χ3n) is 4.80. The van der Waals surface area contributed by atoms with Crippen LogP contribution in [-0.2, 0) is 0 Å². The van der Waals surface area contributed by atoms with Gasteiger partial charge in [0.1, 0.15) is 30.1 Å². The maximum Gasteiger partial charge on any atom is 0.194 e. The average Bonchev–Trinajstić information content (AvgIpc) is 2.90. The first-order chi connectivity index (χ1) is 17.9. The Kier molecular flexibility index (Phi) is 10.8. The zero-order chi connectivity index (χ0) is 28.6. The van der Waals surface area contributed by atoms with E-state index in [2.05, 4.69) is 0 Å². The van der Waals surface area contributed by atoms with Crippen molar-refractivity contribution >= 4 is 116 Å². The maximum absolute atomic E-state index is 6.66. The zero-order valence-electron chi connectivity index (χ0n) is 19.2.